The van der Waals surface area contributed by atoms with Gasteiger partial charge < -0.3 is 15.2 Å². The van der Waals surface area contributed by atoms with Crippen LogP contribution < -0.4 is 10.5 Å². The Morgan fingerprint density at radius 2 is 1.84 bits per heavy atom. The quantitative estimate of drug-likeness (QED) is 0.786. The third-order valence-corrected chi connectivity index (χ3v) is 7.44. The highest BCUT2D eigenvalue weighted by Gasteiger charge is 2.60. The maximum absolute atomic E-state index is 14.7. The average molecular weight is 422 g/mol. The molecule has 2 aliphatic carbocycles. The van der Waals surface area contributed by atoms with Crippen LogP contribution in [0.5, 0.6) is 5.75 Å². The Hall–Kier alpha value is -2.73. The third-order valence-electron chi connectivity index (χ3n) is 7.44. The minimum absolute atomic E-state index is 0.127. The first-order chi connectivity index (χ1) is 14.9. The molecular formula is C25H28FN3O2. The fraction of sp³-hybridized carbons (Fsp3) is 0.440. The summed E-state index contributed by atoms with van der Waals surface area (Å²) in [5.74, 6) is 0.842. The van der Waals surface area contributed by atoms with Crippen molar-refractivity contribution in [2.75, 3.05) is 14.2 Å². The lowest BCUT2D eigenvalue weighted by Gasteiger charge is -2.44. The number of rotatable bonds is 3. The number of hydrogen-bond donors (Lipinski definition) is 1. The Kier molecular flexibility index (Phi) is 4.66. The Morgan fingerprint density at radius 3 is 2.48 bits per heavy atom. The van der Waals surface area contributed by atoms with Crippen molar-refractivity contribution in [3.8, 4) is 16.9 Å². The van der Waals surface area contributed by atoms with Gasteiger partial charge in [0.05, 0.1) is 18.9 Å². The molecule has 1 atom stereocenters. The first kappa shape index (κ1) is 20.2. The van der Waals surface area contributed by atoms with E-state index in [9.17, 15) is 4.39 Å². The summed E-state index contributed by atoms with van der Waals surface area (Å²) in [6.45, 7) is 1.92. The Morgan fingerprint density at radius 1 is 1.06 bits per heavy atom. The molecule has 2 spiro atoms. The molecule has 1 heterocycles. The van der Waals surface area contributed by atoms with Gasteiger partial charge in [0.25, 0.3) is 0 Å². The molecule has 2 aromatic carbocycles. The van der Waals surface area contributed by atoms with Crippen molar-refractivity contribution in [2.24, 2.45) is 21.1 Å². The van der Waals surface area contributed by atoms with Crippen LogP contribution in [0, 0.1) is 11.2 Å². The third kappa shape index (κ3) is 2.92. The van der Waals surface area contributed by atoms with Crippen molar-refractivity contribution < 1.29 is 13.9 Å². The Balaban J connectivity index is 1.65. The van der Waals surface area contributed by atoms with Crippen LogP contribution in [0.2, 0.25) is 0 Å². The van der Waals surface area contributed by atoms with Crippen molar-refractivity contribution in [1.29, 1.82) is 0 Å². The molecular weight excluding hydrogens is 393 g/mol. The molecule has 1 saturated carbocycles. The zero-order valence-electron chi connectivity index (χ0n) is 18.2. The Labute approximate surface area is 182 Å². The second-order valence-electron chi connectivity index (χ2n) is 8.98. The highest BCUT2D eigenvalue weighted by molar-refractivity contribution is 6.41. The summed E-state index contributed by atoms with van der Waals surface area (Å²) in [6, 6.07) is 11.0. The van der Waals surface area contributed by atoms with Crippen LogP contribution in [0.3, 0.4) is 0 Å². The van der Waals surface area contributed by atoms with E-state index in [1.807, 2.05) is 13.0 Å². The minimum Gasteiger partial charge on any atom is -0.497 e. The van der Waals surface area contributed by atoms with E-state index in [0.717, 1.165) is 48.9 Å². The number of fused-ring (bicyclic) bond motifs is 3. The summed E-state index contributed by atoms with van der Waals surface area (Å²) in [4.78, 5) is 10.1. The molecule has 0 saturated heterocycles. The summed E-state index contributed by atoms with van der Waals surface area (Å²) in [5.41, 5.74) is 9.75. The molecule has 0 aromatic heterocycles. The standard InChI is InChI=1S/C25H28FN3O2/c1-15-23(27)29-25(28-15)21-12-16(20-13-19(31-3)6-7-22(20)26)4-5-17(21)14-24(25)10-8-18(30-2)9-11-24/h4-7,12-13,18H,8-11,14H2,1-3H3,(H2,27,29)/t18?,24?,25-/m0/s1. The lowest BCUT2D eigenvalue weighted by molar-refractivity contribution is -0.000372. The zero-order valence-corrected chi connectivity index (χ0v) is 18.2. The van der Waals surface area contributed by atoms with Gasteiger partial charge in [-0.1, -0.05) is 12.1 Å². The summed E-state index contributed by atoms with van der Waals surface area (Å²) in [5, 5.41) is 0. The molecule has 0 amide bonds. The van der Waals surface area contributed by atoms with Crippen LogP contribution in [-0.2, 0) is 16.8 Å². The van der Waals surface area contributed by atoms with Crippen molar-refractivity contribution in [1.82, 2.24) is 0 Å². The van der Waals surface area contributed by atoms with Gasteiger partial charge >= 0.3 is 0 Å². The number of ether oxygens (including phenoxy) is 2. The topological polar surface area (TPSA) is 69.2 Å². The maximum Gasteiger partial charge on any atom is 0.184 e. The van der Waals surface area contributed by atoms with Gasteiger partial charge in [0.15, 0.2) is 5.66 Å². The molecule has 0 unspecified atom stereocenters. The highest BCUT2D eigenvalue weighted by Crippen LogP contribution is 2.62. The van der Waals surface area contributed by atoms with E-state index >= 15 is 0 Å². The Bertz CT molecular complexity index is 1080. The van der Waals surface area contributed by atoms with Crippen LogP contribution in [0.25, 0.3) is 11.1 Å². The first-order valence-corrected chi connectivity index (χ1v) is 10.8. The van der Waals surface area contributed by atoms with Crippen LogP contribution in [0.4, 0.5) is 4.39 Å². The molecule has 5 rings (SSSR count). The summed E-state index contributed by atoms with van der Waals surface area (Å²) in [7, 11) is 3.37. The van der Waals surface area contributed by atoms with E-state index in [-0.39, 0.29) is 17.3 Å². The lowest BCUT2D eigenvalue weighted by atomic mass is 9.65. The number of nitrogens with zero attached hydrogens (tertiary/aromatic N) is 2. The minimum atomic E-state index is -0.736. The average Bonchev–Trinajstić information content (AvgIpc) is 3.22. The van der Waals surface area contributed by atoms with E-state index < -0.39 is 5.66 Å². The fourth-order valence-electron chi connectivity index (χ4n) is 5.69. The van der Waals surface area contributed by atoms with Crippen molar-refractivity contribution in [2.45, 2.75) is 50.8 Å². The van der Waals surface area contributed by atoms with Gasteiger partial charge in [-0.25, -0.2) is 9.38 Å². The van der Waals surface area contributed by atoms with Gasteiger partial charge in [-0.2, -0.15) is 0 Å². The van der Waals surface area contributed by atoms with Crippen LogP contribution >= 0.6 is 0 Å². The number of nitrogens with two attached hydrogens (primary N) is 1. The molecule has 31 heavy (non-hydrogen) atoms. The van der Waals surface area contributed by atoms with Crippen LogP contribution in [-0.4, -0.2) is 31.9 Å². The second-order valence-corrected chi connectivity index (χ2v) is 8.98. The number of hydrogen-bond acceptors (Lipinski definition) is 5. The number of halogens is 1. The number of benzene rings is 2. The van der Waals surface area contributed by atoms with Gasteiger partial charge in [0.1, 0.15) is 17.4 Å². The monoisotopic (exact) mass is 421 g/mol. The van der Waals surface area contributed by atoms with Crippen molar-refractivity contribution in [3.05, 3.63) is 53.3 Å². The normalized spacial score (nSPS) is 29.2. The summed E-state index contributed by atoms with van der Waals surface area (Å²) in [6.07, 6.45) is 5.07. The molecule has 1 fully saturated rings. The van der Waals surface area contributed by atoms with Crippen LogP contribution in [0.1, 0.15) is 43.7 Å². The van der Waals surface area contributed by atoms with E-state index in [0.29, 0.717) is 17.1 Å². The number of amidine groups is 1. The second kappa shape index (κ2) is 7.16. The van der Waals surface area contributed by atoms with E-state index in [1.54, 1.807) is 26.4 Å². The number of methoxy groups -OCH3 is 2. The summed E-state index contributed by atoms with van der Waals surface area (Å²) < 4.78 is 25.7. The smallest absolute Gasteiger partial charge is 0.184 e. The first-order valence-electron chi connectivity index (χ1n) is 10.8. The predicted octanol–water partition coefficient (Wildman–Crippen LogP) is 4.62. The molecule has 3 aliphatic rings. The van der Waals surface area contributed by atoms with Gasteiger partial charge in [-0.3, -0.25) is 4.99 Å². The van der Waals surface area contributed by atoms with Gasteiger partial charge in [0.2, 0.25) is 0 Å². The lowest BCUT2D eigenvalue weighted by Crippen LogP contribution is -2.43. The predicted molar refractivity (Wildman–Crippen MR) is 120 cm³/mol. The maximum atomic E-state index is 14.7. The zero-order chi connectivity index (χ0) is 21.8. The molecule has 1 aliphatic heterocycles. The van der Waals surface area contributed by atoms with Crippen molar-refractivity contribution in [3.63, 3.8) is 0 Å². The van der Waals surface area contributed by atoms with E-state index in [1.165, 1.54) is 11.6 Å². The molecule has 6 heteroatoms. The molecule has 5 nitrogen and oxygen atoms in total. The van der Waals surface area contributed by atoms with E-state index in [2.05, 4.69) is 12.1 Å². The molecule has 2 N–H and O–H groups in total. The van der Waals surface area contributed by atoms with Crippen LogP contribution in [0.15, 0.2) is 46.4 Å². The van der Waals surface area contributed by atoms with Gasteiger partial charge in [-0.15, -0.1) is 0 Å². The van der Waals surface area contributed by atoms with E-state index in [4.69, 9.17) is 25.2 Å². The van der Waals surface area contributed by atoms with Crippen molar-refractivity contribution >= 4 is 11.5 Å². The SMILES string of the molecule is COc1ccc(F)c(-c2ccc3c(c2)[C@@]2(N=C(C)C(N)=N2)C2(CCC(OC)CC2)C3)c1. The number of aliphatic imine (C=N–C) groups is 2. The highest BCUT2D eigenvalue weighted by atomic mass is 19.1. The van der Waals surface area contributed by atoms with Gasteiger partial charge in [-0.05, 0) is 74.4 Å². The van der Waals surface area contributed by atoms with Gasteiger partial charge in [0, 0.05) is 23.7 Å². The largest absolute Gasteiger partial charge is 0.497 e. The molecule has 0 radical (unpaired) electrons. The molecule has 162 valence electrons. The fourth-order valence-corrected chi connectivity index (χ4v) is 5.69. The molecule has 0 bridgehead atoms. The summed E-state index contributed by atoms with van der Waals surface area (Å²) >= 11 is 0. The molecule has 2 aromatic rings.